The lowest BCUT2D eigenvalue weighted by Crippen LogP contribution is -2.20. The lowest BCUT2D eigenvalue weighted by molar-refractivity contribution is -0.116. The number of hydrogen-bond donors (Lipinski definition) is 3. The zero-order valence-corrected chi connectivity index (χ0v) is 14.4. The van der Waals surface area contributed by atoms with Gasteiger partial charge in [0.05, 0.1) is 17.8 Å². The molecule has 0 spiro atoms. The van der Waals surface area contributed by atoms with E-state index < -0.39 is 0 Å². The van der Waals surface area contributed by atoms with Crippen molar-refractivity contribution in [1.82, 2.24) is 5.32 Å². The van der Waals surface area contributed by atoms with E-state index in [0.29, 0.717) is 30.8 Å². The van der Waals surface area contributed by atoms with E-state index in [-0.39, 0.29) is 24.2 Å². The molecule has 0 aliphatic carbocycles. The van der Waals surface area contributed by atoms with Crippen molar-refractivity contribution in [3.05, 3.63) is 46.7 Å². The first-order chi connectivity index (χ1) is 10.7. The number of nitrogens with one attached hydrogen (secondary N) is 3. The van der Waals surface area contributed by atoms with Crippen LogP contribution in [0.15, 0.2) is 41.8 Å². The van der Waals surface area contributed by atoms with Crippen LogP contribution in [-0.2, 0) is 16.0 Å². The molecule has 0 radical (unpaired) electrons. The molecular formula is C16H20ClN3O2S. The van der Waals surface area contributed by atoms with Crippen molar-refractivity contribution in [2.75, 3.05) is 24.2 Å². The molecule has 0 saturated heterocycles. The van der Waals surface area contributed by atoms with Gasteiger partial charge in [0.2, 0.25) is 11.8 Å². The van der Waals surface area contributed by atoms with Gasteiger partial charge in [-0.25, -0.2) is 0 Å². The topological polar surface area (TPSA) is 70.2 Å². The van der Waals surface area contributed by atoms with Gasteiger partial charge in [-0.1, -0.05) is 18.2 Å². The molecule has 0 bridgehead atoms. The van der Waals surface area contributed by atoms with E-state index in [4.69, 9.17) is 0 Å². The standard InChI is InChI=1S/C16H19N3O2S.ClH/c1-17-9-8-15(20)18-13-6-2-3-7-14(13)19-16(21)11-12-5-4-10-22-12;/h2-7,10,17H,8-9,11H2,1H3,(H,18,20)(H,19,21);1H. The molecular weight excluding hydrogens is 334 g/mol. The highest BCUT2D eigenvalue weighted by Gasteiger charge is 2.10. The van der Waals surface area contributed by atoms with Crippen LogP contribution >= 0.6 is 23.7 Å². The Kier molecular flexibility index (Phi) is 8.32. The third-order valence-corrected chi connectivity index (χ3v) is 3.87. The lowest BCUT2D eigenvalue weighted by Gasteiger charge is -2.12. The maximum atomic E-state index is 12.1. The van der Waals surface area contributed by atoms with E-state index >= 15 is 0 Å². The smallest absolute Gasteiger partial charge is 0.229 e. The summed E-state index contributed by atoms with van der Waals surface area (Å²) in [5, 5.41) is 10.5. The van der Waals surface area contributed by atoms with Crippen LogP contribution in [0.2, 0.25) is 0 Å². The lowest BCUT2D eigenvalue weighted by atomic mass is 10.2. The van der Waals surface area contributed by atoms with Gasteiger partial charge < -0.3 is 16.0 Å². The first kappa shape index (κ1) is 19.2. The zero-order valence-electron chi connectivity index (χ0n) is 12.8. The van der Waals surface area contributed by atoms with Crippen molar-refractivity contribution in [3.8, 4) is 0 Å². The average Bonchev–Trinajstić information content (AvgIpc) is 3.00. The summed E-state index contributed by atoms with van der Waals surface area (Å²) in [5.41, 5.74) is 1.23. The third kappa shape index (κ3) is 6.40. The first-order valence-electron chi connectivity index (χ1n) is 7.04. The number of carbonyl (C=O) groups is 2. The molecule has 0 fully saturated rings. The van der Waals surface area contributed by atoms with Crippen LogP contribution in [0.4, 0.5) is 11.4 Å². The number of thiophene rings is 1. The highest BCUT2D eigenvalue weighted by molar-refractivity contribution is 7.10. The van der Waals surface area contributed by atoms with E-state index in [0.717, 1.165) is 4.88 Å². The summed E-state index contributed by atoms with van der Waals surface area (Å²) in [6, 6.07) is 11.0. The predicted molar refractivity (Wildman–Crippen MR) is 97.5 cm³/mol. The Hall–Kier alpha value is -1.89. The summed E-state index contributed by atoms with van der Waals surface area (Å²) in [4.78, 5) is 24.9. The molecule has 0 aliphatic rings. The maximum Gasteiger partial charge on any atom is 0.229 e. The molecule has 124 valence electrons. The number of amides is 2. The van der Waals surface area contributed by atoms with E-state index in [1.165, 1.54) is 0 Å². The molecule has 2 aromatic rings. The van der Waals surface area contributed by atoms with Crippen LogP contribution in [-0.4, -0.2) is 25.4 Å². The number of para-hydroxylation sites is 2. The van der Waals surface area contributed by atoms with Crippen molar-refractivity contribution in [1.29, 1.82) is 0 Å². The highest BCUT2D eigenvalue weighted by Crippen LogP contribution is 2.21. The van der Waals surface area contributed by atoms with Gasteiger partial charge in [-0.2, -0.15) is 0 Å². The minimum Gasteiger partial charge on any atom is -0.324 e. The Morgan fingerprint density at radius 2 is 1.65 bits per heavy atom. The number of hydrogen-bond acceptors (Lipinski definition) is 4. The molecule has 1 aromatic carbocycles. The molecule has 3 N–H and O–H groups in total. The third-order valence-electron chi connectivity index (χ3n) is 2.99. The quantitative estimate of drug-likeness (QED) is 0.716. The molecule has 2 amide bonds. The second-order valence-corrected chi connectivity index (χ2v) is 5.78. The van der Waals surface area contributed by atoms with Gasteiger partial charge in [-0.15, -0.1) is 23.7 Å². The van der Waals surface area contributed by atoms with E-state index in [9.17, 15) is 9.59 Å². The molecule has 0 atom stereocenters. The first-order valence-corrected chi connectivity index (χ1v) is 7.92. The second kappa shape index (κ2) is 9.99. The largest absolute Gasteiger partial charge is 0.324 e. The fraction of sp³-hybridized carbons (Fsp3) is 0.250. The summed E-state index contributed by atoms with van der Waals surface area (Å²) in [7, 11) is 1.80. The van der Waals surface area contributed by atoms with Crippen LogP contribution < -0.4 is 16.0 Å². The Bertz CT molecular complexity index is 632. The monoisotopic (exact) mass is 353 g/mol. The summed E-state index contributed by atoms with van der Waals surface area (Å²) in [6.07, 6.45) is 0.716. The van der Waals surface area contributed by atoms with Crippen LogP contribution in [0.5, 0.6) is 0 Å². The van der Waals surface area contributed by atoms with Crippen molar-refractivity contribution in [2.24, 2.45) is 0 Å². The van der Waals surface area contributed by atoms with Gasteiger partial charge >= 0.3 is 0 Å². The van der Waals surface area contributed by atoms with Gasteiger partial charge in [0.25, 0.3) is 0 Å². The van der Waals surface area contributed by atoms with Gasteiger partial charge in [0, 0.05) is 17.8 Å². The van der Waals surface area contributed by atoms with Crippen LogP contribution in [0, 0.1) is 0 Å². The molecule has 0 unspecified atom stereocenters. The summed E-state index contributed by atoms with van der Waals surface area (Å²) < 4.78 is 0. The van der Waals surface area contributed by atoms with Crippen LogP contribution in [0.3, 0.4) is 0 Å². The Morgan fingerprint density at radius 1 is 1.00 bits per heavy atom. The second-order valence-electron chi connectivity index (χ2n) is 4.75. The fourth-order valence-electron chi connectivity index (χ4n) is 1.92. The molecule has 7 heteroatoms. The Balaban J connectivity index is 0.00000264. The van der Waals surface area contributed by atoms with E-state index in [2.05, 4.69) is 16.0 Å². The van der Waals surface area contributed by atoms with E-state index in [1.807, 2.05) is 29.6 Å². The maximum absolute atomic E-state index is 12.1. The summed E-state index contributed by atoms with van der Waals surface area (Å²) >= 11 is 1.55. The molecule has 0 aliphatic heterocycles. The van der Waals surface area contributed by atoms with Crippen molar-refractivity contribution in [2.45, 2.75) is 12.8 Å². The Labute approximate surface area is 145 Å². The van der Waals surface area contributed by atoms with Crippen molar-refractivity contribution < 1.29 is 9.59 Å². The van der Waals surface area contributed by atoms with Gasteiger partial charge in [-0.05, 0) is 30.6 Å². The zero-order chi connectivity index (χ0) is 15.8. The number of halogens is 1. The Morgan fingerprint density at radius 3 is 2.22 bits per heavy atom. The van der Waals surface area contributed by atoms with Gasteiger partial charge in [-0.3, -0.25) is 9.59 Å². The molecule has 5 nitrogen and oxygen atoms in total. The van der Waals surface area contributed by atoms with Crippen LogP contribution in [0.25, 0.3) is 0 Å². The summed E-state index contributed by atoms with van der Waals surface area (Å²) in [5.74, 6) is -0.186. The number of benzene rings is 1. The fourth-order valence-corrected chi connectivity index (χ4v) is 2.62. The number of anilines is 2. The molecule has 23 heavy (non-hydrogen) atoms. The molecule has 2 rings (SSSR count). The SMILES string of the molecule is CNCCC(=O)Nc1ccccc1NC(=O)Cc1cccs1.Cl. The highest BCUT2D eigenvalue weighted by atomic mass is 35.5. The van der Waals surface area contributed by atoms with Crippen LogP contribution in [0.1, 0.15) is 11.3 Å². The average molecular weight is 354 g/mol. The van der Waals surface area contributed by atoms with Crippen molar-refractivity contribution in [3.63, 3.8) is 0 Å². The number of carbonyl (C=O) groups excluding carboxylic acids is 2. The molecule has 1 aromatic heterocycles. The molecule has 1 heterocycles. The van der Waals surface area contributed by atoms with E-state index in [1.54, 1.807) is 30.5 Å². The van der Waals surface area contributed by atoms with Gasteiger partial charge in [0.15, 0.2) is 0 Å². The summed E-state index contributed by atoms with van der Waals surface area (Å²) in [6.45, 7) is 0.610. The number of rotatable bonds is 7. The minimum absolute atomic E-state index is 0. The minimum atomic E-state index is -0.0978. The van der Waals surface area contributed by atoms with Gasteiger partial charge in [0.1, 0.15) is 0 Å². The predicted octanol–water partition coefficient (Wildman–Crippen LogP) is 2.90. The molecule has 0 saturated carbocycles. The normalized spacial score (nSPS) is 9.78. The van der Waals surface area contributed by atoms with Crippen molar-refractivity contribution >= 4 is 46.9 Å².